The second-order valence-corrected chi connectivity index (χ2v) is 10.6. The van der Waals surface area contributed by atoms with E-state index in [0.717, 1.165) is 33.8 Å². The van der Waals surface area contributed by atoms with Gasteiger partial charge in [-0.3, -0.25) is 10.1 Å². The van der Waals surface area contributed by atoms with Crippen LogP contribution in [0.25, 0.3) is 10.6 Å². The predicted molar refractivity (Wildman–Crippen MR) is 118 cm³/mol. The van der Waals surface area contributed by atoms with Crippen LogP contribution >= 0.6 is 11.3 Å². The lowest BCUT2D eigenvalue weighted by Crippen LogP contribution is -2.43. The third-order valence-corrected chi connectivity index (χ3v) is 8.34. The number of anilines is 1. The molecule has 3 aromatic rings. The number of carbonyl (C=O) groups excluding carboxylic acids is 1. The van der Waals surface area contributed by atoms with Gasteiger partial charge in [0.15, 0.2) is 11.5 Å². The number of hydrogen-bond donors (Lipinski definition) is 1. The molecule has 1 unspecified atom stereocenters. The fraction of sp³-hybridized carbons (Fsp3) is 0.286. The first kappa shape index (κ1) is 23.5. The number of aromatic nitrogens is 2. The zero-order valence-electron chi connectivity index (χ0n) is 17.8. The highest BCUT2D eigenvalue weighted by molar-refractivity contribution is 7.89. The van der Waals surface area contributed by atoms with E-state index in [4.69, 9.17) is 9.47 Å². The van der Waals surface area contributed by atoms with Crippen LogP contribution < -0.4 is 14.8 Å². The van der Waals surface area contributed by atoms with Gasteiger partial charge in [-0.15, -0.1) is 10.2 Å². The lowest BCUT2D eigenvalue weighted by Gasteiger charge is -2.23. The van der Waals surface area contributed by atoms with Crippen LogP contribution in [0.4, 0.5) is 18.3 Å². The van der Waals surface area contributed by atoms with Crippen LogP contribution in [0.2, 0.25) is 0 Å². The van der Waals surface area contributed by atoms with Crippen molar-refractivity contribution in [1.82, 2.24) is 14.5 Å². The summed E-state index contributed by atoms with van der Waals surface area (Å²) < 4.78 is 77.0. The molecule has 3 heterocycles. The number of hydrogen-bond acceptors (Lipinski definition) is 8. The molecule has 0 spiro atoms. The van der Waals surface area contributed by atoms with Gasteiger partial charge in [0.2, 0.25) is 27.9 Å². The highest BCUT2D eigenvalue weighted by Crippen LogP contribution is 2.37. The summed E-state index contributed by atoms with van der Waals surface area (Å²) in [6.07, 6.45) is -4.09. The van der Waals surface area contributed by atoms with Crippen molar-refractivity contribution in [2.45, 2.75) is 30.0 Å². The van der Waals surface area contributed by atoms with E-state index in [9.17, 15) is 26.4 Å². The first-order valence-electron chi connectivity index (χ1n) is 10.4. The van der Waals surface area contributed by atoms with E-state index in [1.165, 1.54) is 0 Å². The van der Waals surface area contributed by atoms with E-state index < -0.39 is 38.6 Å². The van der Waals surface area contributed by atoms with Crippen LogP contribution in [-0.4, -0.2) is 48.2 Å². The molecule has 0 radical (unpaired) electrons. The van der Waals surface area contributed by atoms with Gasteiger partial charge >= 0.3 is 6.18 Å². The van der Waals surface area contributed by atoms with E-state index >= 15 is 0 Å². The molecule has 1 atom stereocenters. The summed E-state index contributed by atoms with van der Waals surface area (Å²) in [5.41, 5.74) is -0.384. The normalized spacial score (nSPS) is 18.1. The van der Waals surface area contributed by atoms with Crippen LogP contribution in [-0.2, 0) is 21.0 Å². The summed E-state index contributed by atoms with van der Waals surface area (Å²) in [5.74, 6) is 0.534. The minimum atomic E-state index is -4.69. The SMILES string of the molecule is O=C(Nc1nnc(-c2ccc3c(c2)OCO3)s1)C1CCCN1S(=O)(=O)c1cccc(C(F)(F)F)c1. The average molecular weight is 527 g/mol. The van der Waals surface area contributed by atoms with Crippen LogP contribution in [0, 0.1) is 0 Å². The van der Waals surface area contributed by atoms with Gasteiger partial charge in [-0.05, 0) is 49.2 Å². The largest absolute Gasteiger partial charge is 0.454 e. The second-order valence-electron chi connectivity index (χ2n) is 7.77. The number of benzene rings is 2. The number of ether oxygens (including phenoxy) is 2. The van der Waals surface area contributed by atoms with E-state index in [-0.39, 0.29) is 24.9 Å². The number of rotatable bonds is 5. The minimum Gasteiger partial charge on any atom is -0.454 e. The highest BCUT2D eigenvalue weighted by Gasteiger charge is 2.41. The van der Waals surface area contributed by atoms with Gasteiger partial charge in [0.25, 0.3) is 0 Å². The molecule has 2 aliphatic rings. The lowest BCUT2D eigenvalue weighted by atomic mass is 10.2. The summed E-state index contributed by atoms with van der Waals surface area (Å²) in [6.45, 7) is 0.132. The highest BCUT2D eigenvalue weighted by atomic mass is 32.2. The first-order chi connectivity index (χ1) is 16.6. The lowest BCUT2D eigenvalue weighted by molar-refractivity contribution is -0.137. The van der Waals surface area contributed by atoms with Gasteiger partial charge in [-0.2, -0.15) is 17.5 Å². The number of halogens is 3. The first-order valence-corrected chi connectivity index (χ1v) is 12.6. The summed E-state index contributed by atoms with van der Waals surface area (Å²) >= 11 is 1.08. The molecule has 1 fully saturated rings. The summed E-state index contributed by atoms with van der Waals surface area (Å²) in [6, 6.07) is 7.61. The molecule has 14 heteroatoms. The summed E-state index contributed by atoms with van der Waals surface area (Å²) in [5, 5.41) is 11.2. The zero-order chi connectivity index (χ0) is 24.8. The minimum absolute atomic E-state index is 0.00916. The number of amides is 1. The van der Waals surface area contributed by atoms with Crippen molar-refractivity contribution in [3.63, 3.8) is 0 Å². The van der Waals surface area contributed by atoms with Crippen molar-refractivity contribution < 1.29 is 35.9 Å². The molecular formula is C21H17F3N4O5S2. The van der Waals surface area contributed by atoms with Crippen molar-refractivity contribution in [3.05, 3.63) is 48.0 Å². The number of sulfonamides is 1. The van der Waals surface area contributed by atoms with Crippen LogP contribution in [0.5, 0.6) is 11.5 Å². The maximum absolute atomic E-state index is 13.1. The van der Waals surface area contributed by atoms with Gasteiger partial charge < -0.3 is 9.47 Å². The topological polar surface area (TPSA) is 111 Å². The van der Waals surface area contributed by atoms with Crippen molar-refractivity contribution in [2.75, 3.05) is 18.7 Å². The van der Waals surface area contributed by atoms with Gasteiger partial charge in [0.1, 0.15) is 11.0 Å². The van der Waals surface area contributed by atoms with Crippen LogP contribution in [0.3, 0.4) is 0 Å². The van der Waals surface area contributed by atoms with Crippen LogP contribution in [0.15, 0.2) is 47.4 Å². The Balaban J connectivity index is 1.33. The van der Waals surface area contributed by atoms with Gasteiger partial charge in [-0.25, -0.2) is 8.42 Å². The third kappa shape index (κ3) is 4.56. The van der Waals surface area contributed by atoms with Crippen LogP contribution in [0.1, 0.15) is 18.4 Å². The Labute approximate surface area is 201 Å². The molecule has 1 saturated heterocycles. The average Bonchev–Trinajstić information content (AvgIpc) is 3.58. The van der Waals surface area contributed by atoms with Crippen molar-refractivity contribution >= 4 is 32.4 Å². The monoisotopic (exact) mass is 526 g/mol. The fourth-order valence-corrected chi connectivity index (χ4v) is 6.31. The van der Waals surface area contributed by atoms with Gasteiger partial charge in [0.05, 0.1) is 10.5 Å². The summed E-state index contributed by atoms with van der Waals surface area (Å²) in [4.78, 5) is 12.4. The third-order valence-electron chi connectivity index (χ3n) is 5.55. The number of alkyl halides is 3. The van der Waals surface area contributed by atoms with Crippen molar-refractivity contribution in [2.24, 2.45) is 0 Å². The molecule has 9 nitrogen and oxygen atoms in total. The molecule has 1 aromatic heterocycles. The maximum atomic E-state index is 13.1. The number of nitrogens with zero attached hydrogens (tertiary/aromatic N) is 3. The molecule has 2 aliphatic heterocycles. The molecule has 5 rings (SSSR count). The Morgan fingerprint density at radius 3 is 2.71 bits per heavy atom. The van der Waals surface area contributed by atoms with E-state index in [1.54, 1.807) is 18.2 Å². The van der Waals surface area contributed by atoms with E-state index in [2.05, 4.69) is 15.5 Å². The fourth-order valence-electron chi connectivity index (χ4n) is 3.87. The summed E-state index contributed by atoms with van der Waals surface area (Å²) in [7, 11) is -4.34. The quantitative estimate of drug-likeness (QED) is 0.539. The Morgan fingerprint density at radius 1 is 1.11 bits per heavy atom. The molecule has 0 saturated carbocycles. The Bertz CT molecular complexity index is 1390. The van der Waals surface area contributed by atoms with Gasteiger partial charge in [0, 0.05) is 12.1 Å². The van der Waals surface area contributed by atoms with Crippen molar-refractivity contribution in [1.29, 1.82) is 0 Å². The van der Waals surface area contributed by atoms with Crippen molar-refractivity contribution in [3.8, 4) is 22.1 Å². The molecule has 35 heavy (non-hydrogen) atoms. The molecule has 184 valence electrons. The van der Waals surface area contributed by atoms with E-state index in [0.29, 0.717) is 34.6 Å². The molecule has 1 amide bonds. The number of fused-ring (bicyclic) bond motifs is 1. The van der Waals surface area contributed by atoms with Gasteiger partial charge in [-0.1, -0.05) is 17.4 Å². The Morgan fingerprint density at radius 2 is 1.91 bits per heavy atom. The number of carbonyl (C=O) groups is 1. The predicted octanol–water partition coefficient (Wildman–Crippen LogP) is 3.74. The second kappa shape index (κ2) is 8.77. The Kier molecular flexibility index (Phi) is 5.89. The number of nitrogens with one attached hydrogen (secondary N) is 1. The Hall–Kier alpha value is -3.23. The molecule has 0 bridgehead atoms. The maximum Gasteiger partial charge on any atom is 0.416 e. The molecule has 0 aliphatic carbocycles. The molecule has 2 aromatic carbocycles. The zero-order valence-corrected chi connectivity index (χ0v) is 19.4. The van der Waals surface area contributed by atoms with E-state index in [1.807, 2.05) is 0 Å². The standard InChI is InChI=1S/C21H17F3N4O5S2/c22-21(23,24)13-3-1-4-14(10-13)35(30,31)28-8-2-5-15(28)18(29)25-20-27-26-19(34-20)12-6-7-16-17(9-12)33-11-32-16/h1,3-4,6-7,9-10,15H,2,5,8,11H2,(H,25,27,29). The molecule has 1 N–H and O–H groups in total. The molecular weight excluding hydrogens is 509 g/mol. The smallest absolute Gasteiger partial charge is 0.416 e.